The molecule has 1 aliphatic rings. The van der Waals surface area contributed by atoms with Gasteiger partial charge >= 0.3 is 0 Å². The molecule has 0 atom stereocenters. The largest absolute Gasteiger partial charge is 0.327 e. The number of aromatic nitrogens is 3. The highest BCUT2D eigenvalue weighted by atomic mass is 15.3. The first-order valence-corrected chi connectivity index (χ1v) is 8.30. The van der Waals surface area contributed by atoms with E-state index < -0.39 is 0 Å². The van der Waals surface area contributed by atoms with Crippen LogP contribution in [0.5, 0.6) is 0 Å². The first-order chi connectivity index (χ1) is 12.3. The van der Waals surface area contributed by atoms with Crippen LogP contribution in [0.4, 0.5) is 11.5 Å². The van der Waals surface area contributed by atoms with Crippen molar-refractivity contribution in [1.82, 2.24) is 14.4 Å². The van der Waals surface area contributed by atoms with Gasteiger partial charge in [-0.15, -0.1) is 0 Å². The molecule has 0 saturated heterocycles. The topological polar surface area (TPSA) is 57.2 Å². The van der Waals surface area contributed by atoms with Crippen molar-refractivity contribution in [3.05, 3.63) is 65.5 Å². The average molecular weight is 325 g/mol. The summed E-state index contributed by atoms with van der Waals surface area (Å²) in [6, 6.07) is 14.5. The minimum atomic E-state index is 0.673. The highest BCUT2D eigenvalue weighted by molar-refractivity contribution is 5.88. The van der Waals surface area contributed by atoms with Crippen molar-refractivity contribution in [2.24, 2.45) is 0 Å². The van der Waals surface area contributed by atoms with Crippen LogP contribution < -0.4 is 4.90 Å². The van der Waals surface area contributed by atoms with E-state index in [1.54, 1.807) is 0 Å². The van der Waals surface area contributed by atoms with Gasteiger partial charge in [0.1, 0.15) is 11.9 Å². The molecule has 5 rings (SSSR count). The molecule has 4 heterocycles. The number of imidazole rings is 1. The smallest absolute Gasteiger partial charge is 0.157 e. The molecule has 0 aliphatic carbocycles. The molecule has 120 valence electrons. The second-order valence-electron chi connectivity index (χ2n) is 6.28. The van der Waals surface area contributed by atoms with E-state index in [4.69, 9.17) is 4.98 Å². The zero-order valence-electron chi connectivity index (χ0n) is 13.8. The maximum atomic E-state index is 9.73. The van der Waals surface area contributed by atoms with Crippen molar-refractivity contribution in [1.29, 1.82) is 5.26 Å². The fraction of sp³-hybridized carbons (Fsp3) is 0.150. The molecule has 0 unspecified atom stereocenters. The highest BCUT2D eigenvalue weighted by Gasteiger charge is 2.29. The van der Waals surface area contributed by atoms with E-state index >= 15 is 0 Å². The highest BCUT2D eigenvalue weighted by Crippen LogP contribution is 2.40. The molecule has 4 aromatic rings. The number of benzene rings is 1. The molecule has 0 fully saturated rings. The van der Waals surface area contributed by atoms with E-state index in [9.17, 15) is 5.26 Å². The maximum absolute atomic E-state index is 9.73. The molecule has 0 bridgehead atoms. The lowest BCUT2D eigenvalue weighted by Crippen LogP contribution is -2.16. The van der Waals surface area contributed by atoms with Gasteiger partial charge in [0.15, 0.2) is 5.65 Å². The number of anilines is 2. The second kappa shape index (κ2) is 5.05. The predicted molar refractivity (Wildman–Crippen MR) is 97.1 cm³/mol. The van der Waals surface area contributed by atoms with Crippen LogP contribution in [-0.2, 0) is 6.42 Å². The Morgan fingerprint density at radius 2 is 1.92 bits per heavy atom. The minimum Gasteiger partial charge on any atom is -0.327 e. The van der Waals surface area contributed by atoms with Gasteiger partial charge in [-0.25, -0.2) is 4.98 Å². The standard InChI is InChI=1S/C20H15N5/c1-13-15-8-11-24(14-6-9-22-10-7-14)20(15)25-18-5-3-2-4-17(18)23-19(25)16(13)12-21/h2-7,9-10H,8,11H2,1H3. The minimum absolute atomic E-state index is 0.673. The van der Waals surface area contributed by atoms with Crippen LogP contribution in [0.15, 0.2) is 48.8 Å². The van der Waals surface area contributed by atoms with Gasteiger partial charge in [0.2, 0.25) is 0 Å². The molecule has 0 N–H and O–H groups in total. The van der Waals surface area contributed by atoms with Gasteiger partial charge < -0.3 is 4.90 Å². The summed E-state index contributed by atoms with van der Waals surface area (Å²) in [6.45, 7) is 2.92. The van der Waals surface area contributed by atoms with E-state index in [2.05, 4.69) is 26.4 Å². The number of hydrogen-bond donors (Lipinski definition) is 0. The van der Waals surface area contributed by atoms with Gasteiger partial charge in [0.05, 0.1) is 16.6 Å². The summed E-state index contributed by atoms with van der Waals surface area (Å²) in [6.07, 6.45) is 4.54. The lowest BCUT2D eigenvalue weighted by molar-refractivity contribution is 0.981. The molecular weight excluding hydrogens is 310 g/mol. The summed E-state index contributed by atoms with van der Waals surface area (Å²) in [5.41, 5.74) is 6.73. The lowest BCUT2D eigenvalue weighted by Gasteiger charge is -2.21. The summed E-state index contributed by atoms with van der Waals surface area (Å²) < 4.78 is 2.14. The zero-order valence-corrected chi connectivity index (χ0v) is 13.8. The summed E-state index contributed by atoms with van der Waals surface area (Å²) in [5, 5.41) is 9.73. The number of nitrogens with zero attached hydrogens (tertiary/aromatic N) is 5. The SMILES string of the molecule is Cc1c2c(n3c(nc4ccccc43)c1C#N)N(c1ccncc1)CC2. The Hall–Kier alpha value is -3.39. The van der Waals surface area contributed by atoms with Crippen LogP contribution in [0.2, 0.25) is 0 Å². The summed E-state index contributed by atoms with van der Waals surface area (Å²) in [7, 11) is 0. The van der Waals surface area contributed by atoms with E-state index in [0.717, 1.165) is 46.7 Å². The van der Waals surface area contributed by atoms with Gasteiger partial charge in [-0.05, 0) is 48.7 Å². The molecule has 3 aromatic heterocycles. The predicted octanol–water partition coefficient (Wildman–Crippen LogP) is 3.76. The van der Waals surface area contributed by atoms with Crippen molar-refractivity contribution >= 4 is 28.2 Å². The number of rotatable bonds is 1. The van der Waals surface area contributed by atoms with Gasteiger partial charge in [-0.3, -0.25) is 9.38 Å². The van der Waals surface area contributed by atoms with Crippen LogP contribution in [0.25, 0.3) is 16.7 Å². The van der Waals surface area contributed by atoms with Crippen molar-refractivity contribution in [3.63, 3.8) is 0 Å². The Bertz CT molecular complexity index is 1170. The lowest BCUT2D eigenvalue weighted by atomic mass is 10.0. The fourth-order valence-electron chi connectivity index (χ4n) is 3.85. The number of hydrogen-bond acceptors (Lipinski definition) is 4. The molecule has 0 spiro atoms. The van der Waals surface area contributed by atoms with Crippen molar-refractivity contribution in [2.75, 3.05) is 11.4 Å². The molecule has 0 saturated carbocycles. The van der Waals surface area contributed by atoms with Gasteiger partial charge in [-0.2, -0.15) is 5.26 Å². The van der Waals surface area contributed by atoms with Gasteiger partial charge in [0.25, 0.3) is 0 Å². The van der Waals surface area contributed by atoms with Crippen molar-refractivity contribution < 1.29 is 0 Å². The van der Waals surface area contributed by atoms with E-state index in [1.807, 2.05) is 49.6 Å². The van der Waals surface area contributed by atoms with Crippen LogP contribution in [0, 0.1) is 18.3 Å². The van der Waals surface area contributed by atoms with E-state index in [-0.39, 0.29) is 0 Å². The number of fused-ring (bicyclic) bond motifs is 5. The molecular formula is C20H15N5. The normalized spacial score (nSPS) is 13.4. The molecule has 5 nitrogen and oxygen atoms in total. The molecule has 0 amide bonds. The first kappa shape index (κ1) is 14.0. The van der Waals surface area contributed by atoms with Gasteiger partial charge in [0, 0.05) is 24.6 Å². The molecule has 1 aliphatic heterocycles. The van der Waals surface area contributed by atoms with Crippen LogP contribution in [0.1, 0.15) is 16.7 Å². The van der Waals surface area contributed by atoms with Crippen molar-refractivity contribution in [3.8, 4) is 6.07 Å². The fourth-order valence-corrected chi connectivity index (χ4v) is 3.85. The Kier molecular flexibility index (Phi) is 2.83. The zero-order chi connectivity index (χ0) is 17.0. The third kappa shape index (κ3) is 1.82. The first-order valence-electron chi connectivity index (χ1n) is 8.30. The quantitative estimate of drug-likeness (QED) is 0.535. The molecule has 25 heavy (non-hydrogen) atoms. The molecule has 5 heteroatoms. The van der Waals surface area contributed by atoms with Crippen LogP contribution in [0.3, 0.4) is 0 Å². The number of nitriles is 1. The Balaban J connectivity index is 1.95. The Morgan fingerprint density at radius 1 is 1.12 bits per heavy atom. The third-order valence-electron chi connectivity index (χ3n) is 5.02. The third-order valence-corrected chi connectivity index (χ3v) is 5.02. The maximum Gasteiger partial charge on any atom is 0.157 e. The monoisotopic (exact) mass is 325 g/mol. The number of para-hydroxylation sites is 2. The van der Waals surface area contributed by atoms with E-state index in [1.165, 1.54) is 5.56 Å². The second-order valence-corrected chi connectivity index (χ2v) is 6.28. The van der Waals surface area contributed by atoms with Crippen LogP contribution >= 0.6 is 0 Å². The summed E-state index contributed by atoms with van der Waals surface area (Å²) >= 11 is 0. The number of pyridine rings is 2. The summed E-state index contributed by atoms with van der Waals surface area (Å²) in [5.74, 6) is 1.12. The average Bonchev–Trinajstić information content (AvgIpc) is 3.24. The van der Waals surface area contributed by atoms with Crippen LogP contribution in [-0.4, -0.2) is 20.9 Å². The molecule has 1 aromatic carbocycles. The summed E-state index contributed by atoms with van der Waals surface area (Å²) in [4.78, 5) is 11.2. The Labute approximate surface area is 144 Å². The van der Waals surface area contributed by atoms with E-state index in [0.29, 0.717) is 5.56 Å². The molecule has 0 radical (unpaired) electrons. The van der Waals surface area contributed by atoms with Crippen molar-refractivity contribution in [2.45, 2.75) is 13.3 Å². The van der Waals surface area contributed by atoms with Gasteiger partial charge in [-0.1, -0.05) is 12.1 Å². The Morgan fingerprint density at radius 3 is 2.72 bits per heavy atom.